The van der Waals surface area contributed by atoms with E-state index in [0.717, 1.165) is 62.6 Å². The SMILES string of the molecule is Cc1cc(N2CCOCC2)ncc1C1CCCN1C(=O)OCc1ccccc1. The predicted octanol–water partition coefficient (Wildman–Crippen LogP) is 3.70. The van der Waals surface area contributed by atoms with E-state index in [4.69, 9.17) is 9.47 Å². The van der Waals surface area contributed by atoms with Gasteiger partial charge < -0.3 is 19.3 Å². The molecular formula is C22H27N3O3. The maximum absolute atomic E-state index is 12.7. The Labute approximate surface area is 166 Å². The highest BCUT2D eigenvalue weighted by Gasteiger charge is 2.32. The van der Waals surface area contributed by atoms with Crippen LogP contribution in [-0.4, -0.2) is 48.8 Å². The number of pyridine rings is 1. The molecule has 28 heavy (non-hydrogen) atoms. The summed E-state index contributed by atoms with van der Waals surface area (Å²) in [5.41, 5.74) is 3.29. The van der Waals surface area contributed by atoms with Crippen molar-refractivity contribution in [2.75, 3.05) is 37.7 Å². The van der Waals surface area contributed by atoms with E-state index < -0.39 is 0 Å². The van der Waals surface area contributed by atoms with Gasteiger partial charge in [-0.1, -0.05) is 30.3 Å². The number of rotatable bonds is 4. The summed E-state index contributed by atoms with van der Waals surface area (Å²) in [6.07, 6.45) is 3.62. The minimum atomic E-state index is -0.247. The van der Waals surface area contributed by atoms with Gasteiger partial charge in [0.25, 0.3) is 0 Å². The van der Waals surface area contributed by atoms with Crippen molar-refractivity contribution in [3.63, 3.8) is 0 Å². The van der Waals surface area contributed by atoms with Crippen molar-refractivity contribution in [3.05, 3.63) is 59.3 Å². The molecular weight excluding hydrogens is 354 g/mol. The Morgan fingerprint density at radius 3 is 2.75 bits per heavy atom. The average molecular weight is 381 g/mol. The van der Waals surface area contributed by atoms with Crippen LogP contribution in [0.5, 0.6) is 0 Å². The van der Waals surface area contributed by atoms with Gasteiger partial charge in [-0.15, -0.1) is 0 Å². The smallest absolute Gasteiger partial charge is 0.410 e. The van der Waals surface area contributed by atoms with Gasteiger partial charge in [0.1, 0.15) is 12.4 Å². The fourth-order valence-electron chi connectivity index (χ4n) is 3.98. The van der Waals surface area contributed by atoms with Crippen molar-refractivity contribution < 1.29 is 14.3 Å². The maximum atomic E-state index is 12.7. The number of anilines is 1. The molecule has 6 heteroatoms. The zero-order chi connectivity index (χ0) is 19.3. The van der Waals surface area contributed by atoms with Gasteiger partial charge in [-0.3, -0.25) is 0 Å². The largest absolute Gasteiger partial charge is 0.445 e. The molecule has 1 amide bonds. The van der Waals surface area contributed by atoms with Crippen LogP contribution >= 0.6 is 0 Å². The van der Waals surface area contributed by atoms with Crippen molar-refractivity contribution >= 4 is 11.9 Å². The highest BCUT2D eigenvalue weighted by molar-refractivity contribution is 5.69. The van der Waals surface area contributed by atoms with Crippen molar-refractivity contribution in [3.8, 4) is 0 Å². The third kappa shape index (κ3) is 4.12. The summed E-state index contributed by atoms with van der Waals surface area (Å²) in [7, 11) is 0. The molecule has 3 heterocycles. The third-order valence-corrected chi connectivity index (χ3v) is 5.52. The molecule has 0 radical (unpaired) electrons. The second-order valence-electron chi connectivity index (χ2n) is 7.39. The number of amides is 1. The average Bonchev–Trinajstić information content (AvgIpc) is 3.23. The first-order chi connectivity index (χ1) is 13.7. The van der Waals surface area contributed by atoms with E-state index in [1.807, 2.05) is 41.4 Å². The molecule has 148 valence electrons. The number of aromatic nitrogens is 1. The highest BCUT2D eigenvalue weighted by Crippen LogP contribution is 2.35. The first-order valence-corrected chi connectivity index (χ1v) is 9.99. The molecule has 0 spiro atoms. The van der Waals surface area contributed by atoms with Crippen LogP contribution in [0.15, 0.2) is 42.6 Å². The zero-order valence-electron chi connectivity index (χ0n) is 16.3. The Hall–Kier alpha value is -2.60. The molecule has 2 fully saturated rings. The second kappa shape index (κ2) is 8.61. The van der Waals surface area contributed by atoms with Gasteiger partial charge in [0.15, 0.2) is 0 Å². The fourth-order valence-corrected chi connectivity index (χ4v) is 3.98. The van der Waals surface area contributed by atoms with Gasteiger partial charge in [0.2, 0.25) is 0 Å². The summed E-state index contributed by atoms with van der Waals surface area (Å²) in [6.45, 7) is 6.35. The van der Waals surface area contributed by atoms with Gasteiger partial charge in [0, 0.05) is 25.8 Å². The zero-order valence-corrected chi connectivity index (χ0v) is 16.3. The first kappa shape index (κ1) is 18.7. The summed E-state index contributed by atoms with van der Waals surface area (Å²) in [5, 5.41) is 0. The van der Waals surface area contributed by atoms with Crippen LogP contribution in [0.25, 0.3) is 0 Å². The van der Waals surface area contributed by atoms with Crippen LogP contribution in [0.1, 0.15) is 35.6 Å². The number of ether oxygens (including phenoxy) is 2. The normalized spacial score (nSPS) is 19.7. The monoisotopic (exact) mass is 381 g/mol. The number of benzene rings is 1. The lowest BCUT2D eigenvalue weighted by Gasteiger charge is -2.29. The molecule has 2 saturated heterocycles. The van der Waals surface area contributed by atoms with E-state index in [1.165, 1.54) is 5.56 Å². The molecule has 4 rings (SSSR count). The Morgan fingerprint density at radius 2 is 2.00 bits per heavy atom. The van der Waals surface area contributed by atoms with E-state index in [0.29, 0.717) is 6.61 Å². The minimum Gasteiger partial charge on any atom is -0.445 e. The number of nitrogens with zero attached hydrogens (tertiary/aromatic N) is 3. The summed E-state index contributed by atoms with van der Waals surface area (Å²) in [5.74, 6) is 0.987. The lowest BCUT2D eigenvalue weighted by molar-refractivity contribution is 0.0919. The molecule has 2 aliphatic rings. The number of aryl methyl sites for hydroxylation is 1. The summed E-state index contributed by atoms with van der Waals surface area (Å²) in [6, 6.07) is 12.0. The summed E-state index contributed by atoms with van der Waals surface area (Å²) < 4.78 is 11.0. The van der Waals surface area contributed by atoms with Gasteiger partial charge >= 0.3 is 6.09 Å². The number of hydrogen-bond donors (Lipinski definition) is 0. The van der Waals surface area contributed by atoms with Crippen LogP contribution < -0.4 is 4.90 Å². The van der Waals surface area contributed by atoms with E-state index in [-0.39, 0.29) is 12.1 Å². The molecule has 1 atom stereocenters. The van der Waals surface area contributed by atoms with Crippen LogP contribution in [0, 0.1) is 6.92 Å². The standard InChI is InChI=1S/C22H27N3O3/c1-17-14-21(24-10-12-27-13-11-24)23-15-19(17)20-8-5-9-25(20)22(26)28-16-18-6-3-2-4-7-18/h2-4,6-7,14-15,20H,5,8-13,16H2,1H3. The first-order valence-electron chi connectivity index (χ1n) is 9.99. The van der Waals surface area contributed by atoms with Crippen molar-refractivity contribution in [2.45, 2.75) is 32.4 Å². The van der Waals surface area contributed by atoms with Gasteiger partial charge in [-0.05, 0) is 42.5 Å². The molecule has 0 saturated carbocycles. The lowest BCUT2D eigenvalue weighted by Crippen LogP contribution is -2.37. The molecule has 2 aromatic rings. The molecule has 1 aromatic carbocycles. The van der Waals surface area contributed by atoms with E-state index in [2.05, 4.69) is 22.9 Å². The summed E-state index contributed by atoms with van der Waals surface area (Å²) >= 11 is 0. The number of carbonyl (C=O) groups excluding carboxylic acids is 1. The number of likely N-dealkylation sites (tertiary alicyclic amines) is 1. The number of carbonyl (C=O) groups is 1. The predicted molar refractivity (Wildman–Crippen MR) is 107 cm³/mol. The summed E-state index contributed by atoms with van der Waals surface area (Å²) in [4.78, 5) is 21.5. The fraction of sp³-hybridized carbons (Fsp3) is 0.455. The van der Waals surface area contributed by atoms with Crippen molar-refractivity contribution in [1.82, 2.24) is 9.88 Å². The Balaban J connectivity index is 1.44. The van der Waals surface area contributed by atoms with E-state index >= 15 is 0 Å². The Bertz CT molecular complexity index is 806. The van der Waals surface area contributed by atoms with Crippen LogP contribution in [0.3, 0.4) is 0 Å². The Kier molecular flexibility index (Phi) is 5.76. The third-order valence-electron chi connectivity index (χ3n) is 5.52. The van der Waals surface area contributed by atoms with E-state index in [1.54, 1.807) is 0 Å². The quantitative estimate of drug-likeness (QED) is 0.808. The van der Waals surface area contributed by atoms with Gasteiger partial charge in [0.05, 0.1) is 19.3 Å². The number of hydrogen-bond acceptors (Lipinski definition) is 5. The maximum Gasteiger partial charge on any atom is 0.410 e. The van der Waals surface area contributed by atoms with Crippen LogP contribution in [0.4, 0.5) is 10.6 Å². The molecule has 0 aliphatic carbocycles. The molecule has 1 aromatic heterocycles. The highest BCUT2D eigenvalue weighted by atomic mass is 16.6. The van der Waals surface area contributed by atoms with Crippen molar-refractivity contribution in [2.24, 2.45) is 0 Å². The topological polar surface area (TPSA) is 54.9 Å². The number of morpholine rings is 1. The minimum absolute atomic E-state index is 0.0366. The molecule has 0 bridgehead atoms. The van der Waals surface area contributed by atoms with Gasteiger partial charge in [-0.25, -0.2) is 9.78 Å². The van der Waals surface area contributed by atoms with Crippen molar-refractivity contribution in [1.29, 1.82) is 0 Å². The second-order valence-corrected chi connectivity index (χ2v) is 7.39. The molecule has 1 unspecified atom stereocenters. The molecule has 0 N–H and O–H groups in total. The lowest BCUT2D eigenvalue weighted by atomic mass is 10.0. The van der Waals surface area contributed by atoms with Crippen LogP contribution in [-0.2, 0) is 16.1 Å². The molecule has 2 aliphatic heterocycles. The van der Waals surface area contributed by atoms with Crippen LogP contribution in [0.2, 0.25) is 0 Å². The molecule has 6 nitrogen and oxygen atoms in total. The Morgan fingerprint density at radius 1 is 1.21 bits per heavy atom. The van der Waals surface area contributed by atoms with E-state index in [9.17, 15) is 4.79 Å². The van der Waals surface area contributed by atoms with Gasteiger partial charge in [-0.2, -0.15) is 0 Å².